The summed E-state index contributed by atoms with van der Waals surface area (Å²) in [6, 6.07) is 6.07. The smallest absolute Gasteiger partial charge is 0.290 e. The van der Waals surface area contributed by atoms with Crippen molar-refractivity contribution in [2.75, 3.05) is 19.6 Å². The molecule has 1 saturated heterocycles. The summed E-state index contributed by atoms with van der Waals surface area (Å²) in [6.45, 7) is 6.96. The number of H-pyrrole nitrogens is 1. The third-order valence-corrected chi connectivity index (χ3v) is 5.81. The highest BCUT2D eigenvalue weighted by Gasteiger charge is 2.24. The maximum Gasteiger partial charge on any atom is 0.290 e. The lowest BCUT2D eigenvalue weighted by molar-refractivity contribution is -0.124. The van der Waals surface area contributed by atoms with Gasteiger partial charge >= 0.3 is 0 Å². The van der Waals surface area contributed by atoms with E-state index in [0.29, 0.717) is 24.5 Å². The number of imidazole rings is 1. The molecule has 1 aromatic carbocycles. The molecule has 1 unspecified atom stereocenters. The number of nitrogens with two attached hydrogens (primary N) is 1. The van der Waals surface area contributed by atoms with Crippen molar-refractivity contribution in [3.05, 3.63) is 52.1 Å². The lowest BCUT2D eigenvalue weighted by Gasteiger charge is -2.31. The fourth-order valence-electron chi connectivity index (χ4n) is 4.33. The number of fused-ring (bicyclic) bond motifs is 1. The highest BCUT2D eigenvalue weighted by molar-refractivity contribution is 5.85. The zero-order valence-electron chi connectivity index (χ0n) is 18.4. The lowest BCUT2D eigenvalue weighted by atomic mass is 9.97. The topological polar surface area (TPSA) is 134 Å². The molecular weight excluding hydrogens is 410 g/mol. The highest BCUT2D eigenvalue weighted by atomic mass is 16.3. The van der Waals surface area contributed by atoms with Crippen molar-refractivity contribution >= 4 is 23.3 Å². The van der Waals surface area contributed by atoms with E-state index in [1.807, 2.05) is 23.8 Å². The van der Waals surface area contributed by atoms with E-state index in [-0.39, 0.29) is 23.9 Å². The lowest BCUT2D eigenvalue weighted by Crippen LogP contribution is -2.42. The van der Waals surface area contributed by atoms with Gasteiger partial charge < -0.3 is 25.3 Å². The number of aromatic nitrogens is 3. The average Bonchev–Trinajstić information content (AvgIpc) is 3.21. The molecule has 2 aromatic heterocycles. The number of aromatic amines is 1. The Morgan fingerprint density at radius 2 is 2.06 bits per heavy atom. The van der Waals surface area contributed by atoms with Gasteiger partial charge in [-0.1, -0.05) is 11.6 Å². The third kappa shape index (κ3) is 5.23. The van der Waals surface area contributed by atoms with Gasteiger partial charge in [0.25, 0.3) is 12.0 Å². The summed E-state index contributed by atoms with van der Waals surface area (Å²) >= 11 is 0. The van der Waals surface area contributed by atoms with Gasteiger partial charge in [0.05, 0.1) is 17.0 Å². The van der Waals surface area contributed by atoms with Crippen LogP contribution in [0.4, 0.5) is 0 Å². The van der Waals surface area contributed by atoms with Gasteiger partial charge in [-0.2, -0.15) is 0 Å². The Bertz CT molecular complexity index is 1170. The SMILES string of the molecule is Cc1cc(C)c2[nH]c(=O)c(-c3nccn3CCN3CCCC(C(N)=O)C3)cc2c1.O=CO. The molecular formula is C23H29N5O4. The average molecular weight is 440 g/mol. The first kappa shape index (κ1) is 23.2. The fourth-order valence-corrected chi connectivity index (χ4v) is 4.33. The van der Waals surface area contributed by atoms with Crippen molar-refractivity contribution in [1.82, 2.24) is 19.4 Å². The van der Waals surface area contributed by atoms with Crippen LogP contribution in [0.15, 0.2) is 35.4 Å². The fraction of sp³-hybridized carbons (Fsp3) is 0.391. The molecule has 32 heavy (non-hydrogen) atoms. The first-order chi connectivity index (χ1) is 15.3. The number of amides is 1. The number of pyridine rings is 1. The number of likely N-dealkylation sites (tertiary alicyclic amines) is 1. The number of carbonyl (C=O) groups excluding carboxylic acids is 1. The summed E-state index contributed by atoms with van der Waals surface area (Å²) < 4.78 is 2.01. The van der Waals surface area contributed by atoms with E-state index in [1.54, 1.807) is 6.20 Å². The Labute approximate surface area is 185 Å². The van der Waals surface area contributed by atoms with E-state index in [4.69, 9.17) is 15.6 Å². The molecule has 1 atom stereocenters. The van der Waals surface area contributed by atoms with E-state index in [1.165, 1.54) is 0 Å². The minimum absolute atomic E-state index is 0.0687. The number of carbonyl (C=O) groups is 2. The number of nitrogens with zero attached hydrogens (tertiary/aromatic N) is 3. The molecule has 1 aliphatic rings. The van der Waals surface area contributed by atoms with Crippen molar-refractivity contribution in [2.24, 2.45) is 11.7 Å². The summed E-state index contributed by atoms with van der Waals surface area (Å²) in [5.41, 5.74) is 9.00. The van der Waals surface area contributed by atoms with Gasteiger partial charge in [0, 0.05) is 32.0 Å². The summed E-state index contributed by atoms with van der Waals surface area (Å²) in [5, 5.41) is 7.90. The minimum Gasteiger partial charge on any atom is -0.483 e. The standard InChI is InChI=1S/C22H27N5O2.CH2O2/c1-14-10-15(2)19-17(11-14)12-18(22(29)25-19)21-24-5-7-27(21)9-8-26-6-3-4-16(13-26)20(23)28;2-1-3/h5,7,10-12,16H,3-4,6,8-9,13H2,1-2H3,(H2,23,28)(H,25,29);1H,(H,2,3). The molecule has 3 aromatic rings. The number of benzene rings is 1. The van der Waals surface area contributed by atoms with Crippen LogP contribution in [0.25, 0.3) is 22.3 Å². The molecule has 1 aliphatic heterocycles. The van der Waals surface area contributed by atoms with Gasteiger partial charge in [-0.05, 0) is 56.3 Å². The number of hydrogen-bond acceptors (Lipinski definition) is 5. The first-order valence-corrected chi connectivity index (χ1v) is 10.6. The predicted molar refractivity (Wildman–Crippen MR) is 122 cm³/mol. The summed E-state index contributed by atoms with van der Waals surface area (Å²) in [6.07, 6.45) is 5.47. The Hall–Kier alpha value is -3.46. The Kier molecular flexibility index (Phi) is 7.42. The number of hydrogen-bond donors (Lipinski definition) is 3. The van der Waals surface area contributed by atoms with Crippen molar-refractivity contribution in [2.45, 2.75) is 33.2 Å². The van der Waals surface area contributed by atoms with Gasteiger partial charge in [-0.25, -0.2) is 4.98 Å². The molecule has 170 valence electrons. The maximum atomic E-state index is 12.8. The normalized spacial score (nSPS) is 16.4. The van der Waals surface area contributed by atoms with Crippen LogP contribution < -0.4 is 11.3 Å². The molecule has 1 fully saturated rings. The summed E-state index contributed by atoms with van der Waals surface area (Å²) in [5.74, 6) is 0.378. The molecule has 0 aliphatic carbocycles. The van der Waals surface area contributed by atoms with E-state index < -0.39 is 0 Å². The molecule has 0 spiro atoms. The van der Waals surface area contributed by atoms with Crippen LogP contribution in [0.3, 0.4) is 0 Å². The molecule has 9 nitrogen and oxygen atoms in total. The number of carboxylic acid groups (broad SMARTS) is 1. The molecule has 4 rings (SSSR count). The van der Waals surface area contributed by atoms with Crippen LogP contribution in [-0.2, 0) is 16.1 Å². The van der Waals surface area contributed by atoms with Crippen LogP contribution in [0.5, 0.6) is 0 Å². The van der Waals surface area contributed by atoms with Gasteiger partial charge in [0.2, 0.25) is 5.91 Å². The van der Waals surface area contributed by atoms with Gasteiger partial charge in [-0.3, -0.25) is 14.4 Å². The second-order valence-electron chi connectivity index (χ2n) is 8.15. The Balaban J connectivity index is 0.000000913. The zero-order valence-corrected chi connectivity index (χ0v) is 18.4. The number of rotatable bonds is 5. The van der Waals surface area contributed by atoms with Crippen LogP contribution in [0.2, 0.25) is 0 Å². The zero-order chi connectivity index (χ0) is 23.3. The minimum atomic E-state index is -0.250. The molecule has 0 saturated carbocycles. The maximum absolute atomic E-state index is 12.8. The monoisotopic (exact) mass is 439 g/mol. The Morgan fingerprint density at radius 3 is 2.78 bits per heavy atom. The highest BCUT2D eigenvalue weighted by Crippen LogP contribution is 2.22. The molecule has 0 bridgehead atoms. The number of nitrogens with one attached hydrogen (secondary N) is 1. The molecule has 0 radical (unpaired) electrons. The molecule has 4 N–H and O–H groups in total. The van der Waals surface area contributed by atoms with Crippen LogP contribution >= 0.6 is 0 Å². The quantitative estimate of drug-likeness (QED) is 0.520. The van der Waals surface area contributed by atoms with E-state index in [2.05, 4.69) is 33.9 Å². The summed E-state index contributed by atoms with van der Waals surface area (Å²) in [4.78, 5) is 42.4. The molecule has 3 heterocycles. The molecule has 1 amide bonds. The summed E-state index contributed by atoms with van der Waals surface area (Å²) in [7, 11) is 0. The predicted octanol–water partition coefficient (Wildman–Crippen LogP) is 1.91. The van der Waals surface area contributed by atoms with Crippen LogP contribution in [0.1, 0.15) is 24.0 Å². The van der Waals surface area contributed by atoms with E-state index in [0.717, 1.165) is 48.0 Å². The number of primary amides is 1. The van der Waals surface area contributed by atoms with E-state index >= 15 is 0 Å². The Morgan fingerprint density at radius 1 is 1.31 bits per heavy atom. The van der Waals surface area contributed by atoms with Crippen LogP contribution in [0, 0.1) is 19.8 Å². The second kappa shape index (κ2) is 10.2. The first-order valence-electron chi connectivity index (χ1n) is 10.6. The van der Waals surface area contributed by atoms with Crippen molar-refractivity contribution in [3.63, 3.8) is 0 Å². The van der Waals surface area contributed by atoms with Crippen molar-refractivity contribution in [1.29, 1.82) is 0 Å². The van der Waals surface area contributed by atoms with Crippen molar-refractivity contribution in [3.8, 4) is 11.4 Å². The van der Waals surface area contributed by atoms with Crippen LogP contribution in [-0.4, -0.2) is 56.6 Å². The number of piperidine rings is 1. The molecule has 9 heteroatoms. The van der Waals surface area contributed by atoms with E-state index in [9.17, 15) is 9.59 Å². The van der Waals surface area contributed by atoms with Gasteiger partial charge in [0.1, 0.15) is 5.82 Å². The van der Waals surface area contributed by atoms with Gasteiger partial charge in [-0.15, -0.1) is 0 Å². The third-order valence-electron chi connectivity index (χ3n) is 5.81. The largest absolute Gasteiger partial charge is 0.483 e. The number of aryl methyl sites for hydroxylation is 2. The second-order valence-corrected chi connectivity index (χ2v) is 8.15. The van der Waals surface area contributed by atoms with Crippen molar-refractivity contribution < 1.29 is 14.7 Å². The van der Waals surface area contributed by atoms with Gasteiger partial charge in [0.15, 0.2) is 0 Å².